The molecule has 0 unspecified atom stereocenters. The number of carbonyl (C=O) groups excluding carboxylic acids is 2. The summed E-state index contributed by atoms with van der Waals surface area (Å²) in [5.41, 5.74) is 8.96. The molecule has 0 spiro atoms. The van der Waals surface area contributed by atoms with Gasteiger partial charge in [0, 0.05) is 48.5 Å². The van der Waals surface area contributed by atoms with Crippen molar-refractivity contribution in [3.05, 3.63) is 28.8 Å². The number of nitrogens with one attached hydrogen (secondary N) is 2. The summed E-state index contributed by atoms with van der Waals surface area (Å²) >= 11 is 0. The molecule has 0 saturated carbocycles. The maximum atomic E-state index is 13.3. The minimum atomic E-state index is -3.51. The first-order chi connectivity index (χ1) is 15.2. The molecule has 5 rings (SSSR count). The molecule has 174 valence electrons. The van der Waals surface area contributed by atoms with E-state index in [0.29, 0.717) is 44.3 Å². The molecule has 4 N–H and O–H groups in total. The number of hydrogen-bond acceptors (Lipinski definition) is 5. The number of benzene rings is 1. The third kappa shape index (κ3) is 3.83. The number of nitrogens with two attached hydrogens (primary N) is 1. The number of piperidine rings is 2. The largest absolute Gasteiger partial charge is 0.349 e. The molecule has 2 amide bonds. The van der Waals surface area contributed by atoms with Crippen LogP contribution in [0.25, 0.3) is 0 Å². The van der Waals surface area contributed by atoms with Gasteiger partial charge >= 0.3 is 0 Å². The summed E-state index contributed by atoms with van der Waals surface area (Å²) in [4.78, 5) is 24.7. The Morgan fingerprint density at radius 3 is 2.44 bits per heavy atom. The van der Waals surface area contributed by atoms with Gasteiger partial charge in [0.15, 0.2) is 0 Å². The Morgan fingerprint density at radius 2 is 1.78 bits per heavy atom. The molecule has 10 heteroatoms. The predicted molar refractivity (Wildman–Crippen MR) is 120 cm³/mol. The zero-order valence-corrected chi connectivity index (χ0v) is 19.2. The average Bonchev–Trinajstić information content (AvgIpc) is 3.23. The Balaban J connectivity index is 1.27. The van der Waals surface area contributed by atoms with E-state index in [1.54, 1.807) is 14.7 Å². The third-order valence-electron chi connectivity index (χ3n) is 7.41. The second-order valence-corrected chi connectivity index (χ2v) is 11.5. The van der Waals surface area contributed by atoms with Gasteiger partial charge in [0.05, 0.1) is 6.42 Å². The number of carbonyl (C=O) groups is 2. The first kappa shape index (κ1) is 21.8. The predicted octanol–water partition coefficient (Wildman–Crippen LogP) is 0.883. The Labute approximate surface area is 188 Å². The summed E-state index contributed by atoms with van der Waals surface area (Å²) in [6.45, 7) is 2.83. The van der Waals surface area contributed by atoms with Gasteiger partial charge in [-0.1, -0.05) is 0 Å². The van der Waals surface area contributed by atoms with Crippen LogP contribution in [0.15, 0.2) is 12.1 Å². The number of aryl methyl sites for hydroxylation is 1. The molecule has 2 bridgehead atoms. The molecular weight excluding hydrogens is 430 g/mol. The minimum absolute atomic E-state index is 0.0576. The van der Waals surface area contributed by atoms with Gasteiger partial charge in [0.25, 0.3) is 16.1 Å². The van der Waals surface area contributed by atoms with E-state index in [9.17, 15) is 18.0 Å². The van der Waals surface area contributed by atoms with Crippen molar-refractivity contribution in [2.45, 2.75) is 76.0 Å². The zero-order valence-electron chi connectivity index (χ0n) is 18.3. The number of fused-ring (bicyclic) bond motifs is 3. The van der Waals surface area contributed by atoms with Gasteiger partial charge < -0.3 is 16.4 Å². The highest BCUT2D eigenvalue weighted by Crippen LogP contribution is 2.39. The number of hydrogen-bond donors (Lipinski definition) is 3. The second kappa shape index (κ2) is 8.09. The van der Waals surface area contributed by atoms with Crippen molar-refractivity contribution < 1.29 is 18.0 Å². The molecule has 32 heavy (non-hydrogen) atoms. The third-order valence-corrected chi connectivity index (χ3v) is 9.56. The molecule has 4 aliphatic rings. The summed E-state index contributed by atoms with van der Waals surface area (Å²) < 4.78 is 30.0. The summed E-state index contributed by atoms with van der Waals surface area (Å²) in [5, 5.41) is 5.95. The fourth-order valence-corrected chi connectivity index (χ4v) is 7.83. The maximum absolute atomic E-state index is 13.3. The van der Waals surface area contributed by atoms with Crippen LogP contribution >= 0.6 is 0 Å². The van der Waals surface area contributed by atoms with Crippen LogP contribution in [0.4, 0.5) is 5.69 Å². The Bertz CT molecular complexity index is 1040. The Hall–Kier alpha value is -2.01. The summed E-state index contributed by atoms with van der Waals surface area (Å²) in [6, 6.07) is 3.50. The van der Waals surface area contributed by atoms with Crippen molar-refractivity contribution in [2.75, 3.05) is 18.4 Å². The minimum Gasteiger partial charge on any atom is -0.349 e. The molecule has 4 aliphatic heterocycles. The fraction of sp³-hybridized carbons (Fsp3) is 0.636. The first-order valence-corrected chi connectivity index (χ1v) is 12.9. The Morgan fingerprint density at radius 1 is 1.12 bits per heavy atom. The number of nitrogens with zero attached hydrogens (tertiary/aromatic N) is 2. The molecular formula is C22H31N5O4S. The lowest BCUT2D eigenvalue weighted by Crippen LogP contribution is -2.57. The smallest absolute Gasteiger partial charge is 0.282 e. The van der Waals surface area contributed by atoms with Gasteiger partial charge in [-0.3, -0.25) is 9.59 Å². The first-order valence-electron chi connectivity index (χ1n) is 11.5. The molecule has 0 aliphatic carbocycles. The van der Waals surface area contributed by atoms with Crippen LogP contribution in [-0.2, 0) is 21.4 Å². The van der Waals surface area contributed by atoms with Crippen LogP contribution in [0.2, 0.25) is 0 Å². The molecule has 4 heterocycles. The highest BCUT2D eigenvalue weighted by Gasteiger charge is 2.49. The SMILES string of the molecule is Cc1cc2c(cc1C(=O)NC1C[C@@H]3CC[C@@H](C1)N3S(=O)(=O)N1CCC(N)CC1)CC(=O)N2. The zero-order chi connectivity index (χ0) is 22.6. The van der Waals surface area contributed by atoms with E-state index in [1.165, 1.54) is 0 Å². The van der Waals surface area contributed by atoms with Gasteiger partial charge in [-0.15, -0.1) is 0 Å². The quantitative estimate of drug-likeness (QED) is 0.614. The van der Waals surface area contributed by atoms with E-state index in [1.807, 2.05) is 13.0 Å². The average molecular weight is 462 g/mol. The van der Waals surface area contributed by atoms with Crippen LogP contribution in [0, 0.1) is 6.92 Å². The van der Waals surface area contributed by atoms with E-state index in [0.717, 1.165) is 29.7 Å². The van der Waals surface area contributed by atoms with E-state index >= 15 is 0 Å². The molecule has 1 aromatic rings. The van der Waals surface area contributed by atoms with Crippen LogP contribution in [-0.4, -0.2) is 66.1 Å². The highest BCUT2D eigenvalue weighted by atomic mass is 32.2. The van der Waals surface area contributed by atoms with E-state index in [4.69, 9.17) is 5.73 Å². The molecule has 3 saturated heterocycles. The maximum Gasteiger partial charge on any atom is 0.282 e. The summed E-state index contributed by atoms with van der Waals surface area (Å²) in [7, 11) is -3.51. The van der Waals surface area contributed by atoms with Gasteiger partial charge in [-0.2, -0.15) is 17.0 Å². The molecule has 2 atom stereocenters. The topological polar surface area (TPSA) is 125 Å². The molecule has 0 radical (unpaired) electrons. The molecule has 0 aromatic heterocycles. The van der Waals surface area contributed by atoms with Crippen molar-refractivity contribution in [3.63, 3.8) is 0 Å². The normalized spacial score (nSPS) is 29.1. The number of amides is 2. The summed E-state index contributed by atoms with van der Waals surface area (Å²) in [5.74, 6) is -0.215. The van der Waals surface area contributed by atoms with Gasteiger partial charge in [0.1, 0.15) is 0 Å². The van der Waals surface area contributed by atoms with Crippen molar-refractivity contribution in [3.8, 4) is 0 Å². The van der Waals surface area contributed by atoms with Gasteiger partial charge in [-0.05, 0) is 68.7 Å². The van der Waals surface area contributed by atoms with Crippen molar-refractivity contribution in [2.24, 2.45) is 5.73 Å². The van der Waals surface area contributed by atoms with Crippen LogP contribution in [0.3, 0.4) is 0 Å². The highest BCUT2D eigenvalue weighted by molar-refractivity contribution is 7.86. The van der Waals surface area contributed by atoms with Gasteiger partial charge in [-0.25, -0.2) is 0 Å². The van der Waals surface area contributed by atoms with E-state index in [2.05, 4.69) is 10.6 Å². The Kier molecular flexibility index (Phi) is 5.51. The number of anilines is 1. The lowest BCUT2D eigenvalue weighted by molar-refractivity contribution is -0.115. The van der Waals surface area contributed by atoms with Crippen LogP contribution < -0.4 is 16.4 Å². The number of rotatable bonds is 4. The fourth-order valence-electron chi connectivity index (χ4n) is 5.76. The van der Waals surface area contributed by atoms with E-state index < -0.39 is 10.2 Å². The standard InChI is InChI=1S/C22H31N5O4S/c1-13-8-20-14(10-21(28)25-20)9-19(13)22(29)24-16-11-17-2-3-18(12-16)27(17)32(30,31)26-6-4-15(23)5-7-26/h8-9,15-18H,2-7,10-12,23H2,1H3,(H,24,29)(H,25,28)/t17-,18-/m0/s1. The summed E-state index contributed by atoms with van der Waals surface area (Å²) in [6.07, 6.45) is 4.59. The van der Waals surface area contributed by atoms with Crippen LogP contribution in [0.1, 0.15) is 60.0 Å². The van der Waals surface area contributed by atoms with Crippen molar-refractivity contribution in [1.82, 2.24) is 13.9 Å². The van der Waals surface area contributed by atoms with Crippen molar-refractivity contribution in [1.29, 1.82) is 0 Å². The van der Waals surface area contributed by atoms with Crippen LogP contribution in [0.5, 0.6) is 0 Å². The lowest BCUT2D eigenvalue weighted by atomic mass is 9.98. The van der Waals surface area contributed by atoms with E-state index in [-0.39, 0.29) is 42.4 Å². The molecule has 9 nitrogen and oxygen atoms in total. The lowest BCUT2D eigenvalue weighted by Gasteiger charge is -2.41. The molecule has 1 aromatic carbocycles. The molecule has 3 fully saturated rings. The monoisotopic (exact) mass is 461 g/mol. The van der Waals surface area contributed by atoms with Gasteiger partial charge in [0.2, 0.25) is 5.91 Å². The van der Waals surface area contributed by atoms with Crippen molar-refractivity contribution >= 4 is 27.7 Å². The second-order valence-electron chi connectivity index (χ2n) is 9.65.